The second-order valence-electron chi connectivity index (χ2n) is 6.96. The van der Waals surface area contributed by atoms with Crippen LogP contribution in [0.5, 0.6) is 0 Å². The molecule has 2 aromatic carbocycles. The number of benzene rings is 2. The Bertz CT molecular complexity index is 1110. The molecule has 6 nitrogen and oxygen atoms in total. The molecule has 0 N–H and O–H groups in total. The molecule has 1 atom stereocenters. The van der Waals surface area contributed by atoms with E-state index in [9.17, 15) is 8.42 Å². The van der Waals surface area contributed by atoms with Gasteiger partial charge in [0.1, 0.15) is 6.04 Å². The van der Waals surface area contributed by atoms with Gasteiger partial charge in [-0.15, -0.1) is 0 Å². The summed E-state index contributed by atoms with van der Waals surface area (Å²) in [6.45, 7) is 4.12. The standard InChI is InChI=1S/C20H20ClN3O3S/c1-13-8-10-15(11-9-13)19-22-20(27-23-19)17-6-4-12-24(17)28(25,26)18-7-3-5-16(21)14(18)2/h3,5,7-11,17H,4,6,12H2,1-2H3/t17-/m0/s1. The summed E-state index contributed by atoms with van der Waals surface area (Å²) in [5.74, 6) is 0.773. The Kier molecular flexibility index (Phi) is 4.99. The van der Waals surface area contributed by atoms with Crippen LogP contribution in [0.4, 0.5) is 0 Å². The minimum absolute atomic E-state index is 0.213. The van der Waals surface area contributed by atoms with E-state index in [1.54, 1.807) is 25.1 Å². The average Bonchev–Trinajstić information content (AvgIpc) is 3.33. The van der Waals surface area contributed by atoms with Crippen molar-refractivity contribution in [2.24, 2.45) is 0 Å². The molecular formula is C20H20ClN3O3S. The molecule has 0 bridgehead atoms. The molecule has 4 rings (SSSR count). The molecule has 0 spiro atoms. The third kappa shape index (κ3) is 3.34. The molecule has 146 valence electrons. The molecule has 1 aliphatic heterocycles. The predicted molar refractivity (Wildman–Crippen MR) is 107 cm³/mol. The summed E-state index contributed by atoms with van der Waals surface area (Å²) in [7, 11) is -3.73. The molecule has 0 amide bonds. The average molecular weight is 418 g/mol. The van der Waals surface area contributed by atoms with Crippen LogP contribution in [-0.4, -0.2) is 29.4 Å². The van der Waals surface area contributed by atoms with Gasteiger partial charge in [-0.05, 0) is 44.4 Å². The van der Waals surface area contributed by atoms with Crippen LogP contribution in [0, 0.1) is 13.8 Å². The number of rotatable bonds is 4. The topological polar surface area (TPSA) is 76.3 Å². The number of hydrogen-bond donors (Lipinski definition) is 0. The maximum Gasteiger partial charge on any atom is 0.245 e. The largest absolute Gasteiger partial charge is 0.337 e. The highest BCUT2D eigenvalue weighted by molar-refractivity contribution is 7.89. The molecule has 2 heterocycles. The van der Waals surface area contributed by atoms with Gasteiger partial charge in [-0.3, -0.25) is 0 Å². The van der Waals surface area contributed by atoms with Crippen LogP contribution in [0.1, 0.15) is 35.9 Å². The summed E-state index contributed by atoms with van der Waals surface area (Å²) in [5, 5.41) is 4.48. The lowest BCUT2D eigenvalue weighted by molar-refractivity contribution is 0.290. The van der Waals surface area contributed by atoms with Crippen molar-refractivity contribution >= 4 is 21.6 Å². The van der Waals surface area contributed by atoms with E-state index in [2.05, 4.69) is 10.1 Å². The van der Waals surface area contributed by atoms with Crippen LogP contribution < -0.4 is 0 Å². The van der Waals surface area contributed by atoms with Crippen LogP contribution in [-0.2, 0) is 10.0 Å². The number of sulfonamides is 1. The van der Waals surface area contributed by atoms with Crippen molar-refractivity contribution in [2.75, 3.05) is 6.54 Å². The van der Waals surface area contributed by atoms with E-state index in [1.165, 1.54) is 4.31 Å². The predicted octanol–water partition coefficient (Wildman–Crippen LogP) is 4.53. The van der Waals surface area contributed by atoms with Crippen molar-refractivity contribution in [3.05, 3.63) is 64.5 Å². The monoisotopic (exact) mass is 417 g/mol. The van der Waals surface area contributed by atoms with Gasteiger partial charge in [0.2, 0.25) is 21.7 Å². The van der Waals surface area contributed by atoms with Crippen LogP contribution in [0.3, 0.4) is 0 Å². The number of aryl methyl sites for hydroxylation is 1. The summed E-state index contributed by atoms with van der Waals surface area (Å²) in [6.07, 6.45) is 1.36. The van der Waals surface area contributed by atoms with Crippen molar-refractivity contribution in [1.29, 1.82) is 0 Å². The number of halogens is 1. The molecule has 1 aliphatic rings. The summed E-state index contributed by atoms with van der Waals surface area (Å²) in [6, 6.07) is 12.2. The second-order valence-corrected chi connectivity index (χ2v) is 9.23. The minimum atomic E-state index is -3.73. The highest BCUT2D eigenvalue weighted by Crippen LogP contribution is 2.38. The van der Waals surface area contributed by atoms with E-state index in [1.807, 2.05) is 31.2 Å². The lowest BCUT2D eigenvalue weighted by Gasteiger charge is -2.22. The molecule has 28 heavy (non-hydrogen) atoms. The lowest BCUT2D eigenvalue weighted by Crippen LogP contribution is -2.31. The molecule has 0 saturated carbocycles. The van der Waals surface area contributed by atoms with Gasteiger partial charge < -0.3 is 4.52 Å². The van der Waals surface area contributed by atoms with E-state index < -0.39 is 16.1 Å². The Hall–Kier alpha value is -2.22. The van der Waals surface area contributed by atoms with Crippen molar-refractivity contribution in [3.8, 4) is 11.4 Å². The molecule has 1 fully saturated rings. The third-order valence-electron chi connectivity index (χ3n) is 5.04. The highest BCUT2D eigenvalue weighted by Gasteiger charge is 2.40. The fourth-order valence-electron chi connectivity index (χ4n) is 3.46. The quantitative estimate of drug-likeness (QED) is 0.623. The maximum atomic E-state index is 13.3. The fraction of sp³-hybridized carbons (Fsp3) is 0.300. The molecule has 1 aromatic heterocycles. The summed E-state index contributed by atoms with van der Waals surface area (Å²) in [4.78, 5) is 4.69. The zero-order chi connectivity index (χ0) is 19.9. The SMILES string of the molecule is Cc1ccc(-c2noc([C@@H]3CCCN3S(=O)(=O)c3cccc(Cl)c3C)n2)cc1. The van der Waals surface area contributed by atoms with Gasteiger partial charge in [0.15, 0.2) is 0 Å². The van der Waals surface area contributed by atoms with Crippen LogP contribution in [0.15, 0.2) is 51.9 Å². The Morgan fingerprint density at radius 1 is 1.14 bits per heavy atom. The van der Waals surface area contributed by atoms with E-state index in [0.717, 1.165) is 17.5 Å². The van der Waals surface area contributed by atoms with Gasteiger partial charge in [-0.1, -0.05) is 52.7 Å². The minimum Gasteiger partial charge on any atom is -0.337 e. The fourth-order valence-corrected chi connectivity index (χ4v) is 5.59. The zero-order valence-corrected chi connectivity index (χ0v) is 17.2. The number of hydrogen-bond acceptors (Lipinski definition) is 5. The van der Waals surface area contributed by atoms with Crippen molar-refractivity contribution in [3.63, 3.8) is 0 Å². The van der Waals surface area contributed by atoms with E-state index in [4.69, 9.17) is 16.1 Å². The van der Waals surface area contributed by atoms with E-state index in [-0.39, 0.29) is 4.90 Å². The highest BCUT2D eigenvalue weighted by atomic mass is 35.5. The first-order valence-corrected chi connectivity index (χ1v) is 10.9. The molecule has 3 aromatic rings. The van der Waals surface area contributed by atoms with Crippen LogP contribution in [0.2, 0.25) is 5.02 Å². The second kappa shape index (κ2) is 7.31. The van der Waals surface area contributed by atoms with Gasteiger partial charge in [-0.25, -0.2) is 8.42 Å². The Labute approximate surface area is 169 Å². The normalized spacial score (nSPS) is 17.9. The molecule has 0 aliphatic carbocycles. The van der Waals surface area contributed by atoms with Gasteiger partial charge in [0.25, 0.3) is 0 Å². The van der Waals surface area contributed by atoms with Gasteiger partial charge in [-0.2, -0.15) is 9.29 Å². The Balaban J connectivity index is 1.67. The van der Waals surface area contributed by atoms with Crippen molar-refractivity contribution < 1.29 is 12.9 Å². The Morgan fingerprint density at radius 3 is 2.64 bits per heavy atom. The molecular weight excluding hydrogens is 398 g/mol. The number of aromatic nitrogens is 2. The van der Waals surface area contributed by atoms with Crippen LogP contribution >= 0.6 is 11.6 Å². The Morgan fingerprint density at radius 2 is 1.89 bits per heavy atom. The molecule has 0 unspecified atom stereocenters. The van der Waals surface area contributed by atoms with Crippen molar-refractivity contribution in [1.82, 2.24) is 14.4 Å². The summed E-state index contributed by atoms with van der Waals surface area (Å²) >= 11 is 6.14. The smallest absolute Gasteiger partial charge is 0.245 e. The maximum absolute atomic E-state index is 13.3. The molecule has 0 radical (unpaired) electrons. The van der Waals surface area contributed by atoms with Crippen molar-refractivity contribution in [2.45, 2.75) is 37.6 Å². The number of nitrogens with zero attached hydrogens (tertiary/aromatic N) is 3. The first-order chi connectivity index (χ1) is 13.4. The van der Waals surface area contributed by atoms with Gasteiger partial charge >= 0.3 is 0 Å². The zero-order valence-electron chi connectivity index (χ0n) is 15.6. The van der Waals surface area contributed by atoms with E-state index >= 15 is 0 Å². The van der Waals surface area contributed by atoms with E-state index in [0.29, 0.717) is 35.3 Å². The van der Waals surface area contributed by atoms with Gasteiger partial charge in [0, 0.05) is 17.1 Å². The lowest BCUT2D eigenvalue weighted by atomic mass is 10.1. The first kappa shape index (κ1) is 19.1. The third-order valence-corrected chi connectivity index (χ3v) is 7.51. The summed E-state index contributed by atoms with van der Waals surface area (Å²) < 4.78 is 33.5. The molecule has 1 saturated heterocycles. The molecule has 8 heteroatoms. The van der Waals surface area contributed by atoms with Crippen LogP contribution in [0.25, 0.3) is 11.4 Å². The summed E-state index contributed by atoms with van der Waals surface area (Å²) in [5.41, 5.74) is 2.51. The first-order valence-electron chi connectivity index (χ1n) is 9.05. The van der Waals surface area contributed by atoms with Gasteiger partial charge in [0.05, 0.1) is 4.90 Å².